The number of halogens is 1. The van der Waals surface area contributed by atoms with Crippen LogP contribution in [0.1, 0.15) is 31.2 Å². The zero-order valence-electron chi connectivity index (χ0n) is 10.9. The van der Waals surface area contributed by atoms with Crippen molar-refractivity contribution in [3.8, 4) is 0 Å². The molecule has 0 aliphatic heterocycles. The fraction of sp³-hybridized carbons (Fsp3) is 0.462. The fourth-order valence-corrected chi connectivity index (χ4v) is 4.15. The highest BCUT2D eigenvalue weighted by Gasteiger charge is 2.22. The summed E-state index contributed by atoms with van der Waals surface area (Å²) in [6.07, 6.45) is 4.49. The molecule has 1 aliphatic rings. The first-order valence-corrected chi connectivity index (χ1v) is 8.76. The number of nitrogens with one attached hydrogen (secondary N) is 1. The van der Waals surface area contributed by atoms with E-state index in [4.69, 9.17) is 29.6 Å². The molecular weight excluding hydrogens is 316 g/mol. The maximum atomic E-state index is 12.3. The Morgan fingerprint density at radius 3 is 2.65 bits per heavy atom. The molecule has 20 heavy (non-hydrogen) atoms. The van der Waals surface area contributed by atoms with E-state index < -0.39 is 10.0 Å². The Kier molecular flexibility index (Phi) is 5.01. The van der Waals surface area contributed by atoms with E-state index in [2.05, 4.69) is 4.72 Å². The Bertz CT molecular complexity index is 611. The maximum absolute atomic E-state index is 12.3. The minimum Gasteiger partial charge on any atom is -0.389 e. The first-order chi connectivity index (χ1) is 9.40. The van der Waals surface area contributed by atoms with Crippen LogP contribution in [-0.4, -0.2) is 20.0 Å². The van der Waals surface area contributed by atoms with Crippen molar-refractivity contribution in [2.75, 3.05) is 6.54 Å². The summed E-state index contributed by atoms with van der Waals surface area (Å²) in [7, 11) is -3.63. The van der Waals surface area contributed by atoms with E-state index in [1.807, 2.05) is 0 Å². The van der Waals surface area contributed by atoms with Crippen LogP contribution >= 0.6 is 23.8 Å². The highest BCUT2D eigenvalue weighted by molar-refractivity contribution is 7.89. The van der Waals surface area contributed by atoms with Crippen molar-refractivity contribution in [2.24, 2.45) is 11.7 Å². The lowest BCUT2D eigenvalue weighted by molar-refractivity contribution is 0.519. The number of sulfonamides is 1. The van der Waals surface area contributed by atoms with Gasteiger partial charge in [0.2, 0.25) is 10.0 Å². The molecule has 2 rings (SSSR count). The number of benzene rings is 1. The Morgan fingerprint density at radius 1 is 1.40 bits per heavy atom. The molecule has 0 aromatic heterocycles. The van der Waals surface area contributed by atoms with Gasteiger partial charge in [0.1, 0.15) is 9.88 Å². The van der Waals surface area contributed by atoms with Crippen molar-refractivity contribution >= 4 is 38.8 Å². The van der Waals surface area contributed by atoms with Crippen LogP contribution in [0.25, 0.3) is 0 Å². The second-order valence-corrected chi connectivity index (χ2v) is 7.59. The van der Waals surface area contributed by atoms with Gasteiger partial charge in [-0.2, -0.15) is 0 Å². The van der Waals surface area contributed by atoms with Crippen molar-refractivity contribution in [3.63, 3.8) is 0 Å². The molecule has 3 N–H and O–H groups in total. The average molecular weight is 333 g/mol. The van der Waals surface area contributed by atoms with E-state index in [-0.39, 0.29) is 14.9 Å². The van der Waals surface area contributed by atoms with Crippen molar-refractivity contribution in [1.82, 2.24) is 4.72 Å². The van der Waals surface area contributed by atoms with Crippen LogP contribution < -0.4 is 10.5 Å². The van der Waals surface area contributed by atoms with E-state index in [1.165, 1.54) is 25.0 Å². The van der Waals surface area contributed by atoms with Crippen LogP contribution in [0.15, 0.2) is 23.1 Å². The van der Waals surface area contributed by atoms with Gasteiger partial charge in [-0.05, 0) is 30.9 Å². The molecule has 0 radical (unpaired) electrons. The third-order valence-corrected chi connectivity index (χ3v) is 5.68. The summed E-state index contributed by atoms with van der Waals surface area (Å²) in [4.78, 5) is 0.177. The molecule has 4 nitrogen and oxygen atoms in total. The van der Waals surface area contributed by atoms with Gasteiger partial charge >= 0.3 is 0 Å². The predicted octanol–water partition coefficient (Wildman–Crippen LogP) is 2.44. The topological polar surface area (TPSA) is 72.2 Å². The third-order valence-electron chi connectivity index (χ3n) is 3.54. The molecule has 1 saturated carbocycles. The van der Waals surface area contributed by atoms with Gasteiger partial charge in [-0.3, -0.25) is 0 Å². The average Bonchev–Trinajstić information content (AvgIpc) is 2.89. The van der Waals surface area contributed by atoms with Gasteiger partial charge in [0.25, 0.3) is 0 Å². The second kappa shape index (κ2) is 6.39. The highest BCUT2D eigenvalue weighted by atomic mass is 35.5. The van der Waals surface area contributed by atoms with Crippen LogP contribution in [-0.2, 0) is 10.0 Å². The van der Waals surface area contributed by atoms with Gasteiger partial charge in [0.15, 0.2) is 0 Å². The minimum atomic E-state index is -3.63. The number of hydrogen-bond acceptors (Lipinski definition) is 3. The summed E-state index contributed by atoms with van der Waals surface area (Å²) >= 11 is 10.8. The van der Waals surface area contributed by atoms with Gasteiger partial charge < -0.3 is 5.73 Å². The molecule has 0 heterocycles. The normalized spacial score (nSPS) is 16.4. The quantitative estimate of drug-likeness (QED) is 0.812. The van der Waals surface area contributed by atoms with Crippen LogP contribution in [0, 0.1) is 5.92 Å². The summed E-state index contributed by atoms with van der Waals surface area (Å²) in [5.74, 6) is 0.419. The molecule has 0 amide bonds. The molecule has 110 valence electrons. The summed E-state index contributed by atoms with van der Waals surface area (Å²) in [5, 5.41) is 0.170. The first-order valence-electron chi connectivity index (χ1n) is 6.49. The van der Waals surface area contributed by atoms with Crippen LogP contribution in [0.3, 0.4) is 0 Å². The zero-order chi connectivity index (χ0) is 14.8. The van der Waals surface area contributed by atoms with E-state index in [1.54, 1.807) is 6.07 Å². The Labute approximate surface area is 129 Å². The smallest absolute Gasteiger partial charge is 0.242 e. The molecule has 0 saturated heterocycles. The SMILES string of the molecule is NC(=S)c1ccc(Cl)c(S(=O)(=O)NCC2CCCC2)c1. The predicted molar refractivity (Wildman–Crippen MR) is 84.5 cm³/mol. The maximum Gasteiger partial charge on any atom is 0.242 e. The largest absolute Gasteiger partial charge is 0.389 e. The van der Waals surface area contributed by atoms with Crippen LogP contribution in [0.5, 0.6) is 0 Å². The zero-order valence-corrected chi connectivity index (χ0v) is 13.3. The van der Waals surface area contributed by atoms with Crippen molar-refractivity contribution in [3.05, 3.63) is 28.8 Å². The number of nitrogens with two attached hydrogens (primary N) is 1. The molecule has 1 aromatic rings. The van der Waals surface area contributed by atoms with Crippen molar-refractivity contribution in [2.45, 2.75) is 30.6 Å². The molecule has 1 aliphatic carbocycles. The van der Waals surface area contributed by atoms with Crippen molar-refractivity contribution in [1.29, 1.82) is 0 Å². The standard InChI is InChI=1S/C13H17ClN2O2S2/c14-11-6-5-10(13(15)19)7-12(11)20(17,18)16-8-9-3-1-2-4-9/h5-7,9,16H,1-4,8H2,(H2,15,19). The summed E-state index contributed by atoms with van der Waals surface area (Å²) < 4.78 is 27.2. The molecule has 0 unspecified atom stereocenters. The number of rotatable bonds is 5. The van der Waals surface area contributed by atoms with Gasteiger partial charge in [-0.1, -0.05) is 42.7 Å². The van der Waals surface area contributed by atoms with E-state index in [0.717, 1.165) is 12.8 Å². The molecule has 7 heteroatoms. The first kappa shape index (κ1) is 15.7. The number of hydrogen-bond donors (Lipinski definition) is 2. The summed E-state index contributed by atoms with van der Waals surface area (Å²) in [6.45, 7) is 0.454. The van der Waals surface area contributed by atoms with Crippen LogP contribution in [0.2, 0.25) is 5.02 Å². The van der Waals surface area contributed by atoms with Gasteiger partial charge in [0, 0.05) is 12.1 Å². The number of thiocarbonyl (C=S) groups is 1. The van der Waals surface area contributed by atoms with E-state index in [9.17, 15) is 8.42 Å². The molecular formula is C13H17ClN2O2S2. The van der Waals surface area contributed by atoms with Gasteiger partial charge in [-0.15, -0.1) is 0 Å². The second-order valence-electron chi connectivity index (χ2n) is 5.01. The van der Waals surface area contributed by atoms with E-state index in [0.29, 0.717) is 18.0 Å². The molecule has 1 aromatic carbocycles. The lowest BCUT2D eigenvalue weighted by Gasteiger charge is -2.13. The minimum absolute atomic E-state index is 0.0301. The Morgan fingerprint density at radius 2 is 2.05 bits per heavy atom. The Balaban J connectivity index is 2.19. The molecule has 0 bridgehead atoms. The third kappa shape index (κ3) is 3.69. The summed E-state index contributed by atoms with van der Waals surface area (Å²) in [5.41, 5.74) is 6.01. The van der Waals surface area contributed by atoms with Gasteiger partial charge in [-0.25, -0.2) is 13.1 Å². The van der Waals surface area contributed by atoms with Gasteiger partial charge in [0.05, 0.1) is 5.02 Å². The monoisotopic (exact) mass is 332 g/mol. The summed E-state index contributed by atoms with van der Waals surface area (Å²) in [6, 6.07) is 4.53. The van der Waals surface area contributed by atoms with Crippen molar-refractivity contribution < 1.29 is 8.42 Å². The molecule has 0 spiro atoms. The fourth-order valence-electron chi connectivity index (χ4n) is 2.38. The highest BCUT2D eigenvalue weighted by Crippen LogP contribution is 2.26. The lowest BCUT2D eigenvalue weighted by atomic mass is 10.1. The van der Waals surface area contributed by atoms with Crippen LogP contribution in [0.4, 0.5) is 0 Å². The van der Waals surface area contributed by atoms with E-state index >= 15 is 0 Å². The molecule has 0 atom stereocenters. The molecule has 1 fully saturated rings. The Hall–Kier alpha value is -0.690. The lowest BCUT2D eigenvalue weighted by Crippen LogP contribution is -2.29.